The molecule has 1 unspecified atom stereocenters. The zero-order valence-electron chi connectivity index (χ0n) is 14.6. The maximum atomic E-state index is 12.8. The summed E-state index contributed by atoms with van der Waals surface area (Å²) in [4.78, 5) is 6.91. The molecule has 0 N–H and O–H groups in total. The first kappa shape index (κ1) is 17.0. The highest BCUT2D eigenvalue weighted by molar-refractivity contribution is 7.86. The van der Waals surface area contributed by atoms with E-state index in [2.05, 4.69) is 9.88 Å². The van der Waals surface area contributed by atoms with Crippen LogP contribution in [0.1, 0.15) is 25.5 Å². The zero-order valence-corrected chi connectivity index (χ0v) is 15.4. The predicted molar refractivity (Wildman–Crippen MR) is 96.4 cm³/mol. The quantitative estimate of drug-likeness (QED) is 0.818. The number of nitrogens with zero attached hydrogens (tertiary/aromatic N) is 5. The number of rotatable bonds is 4. The molecule has 0 radical (unpaired) electrons. The van der Waals surface area contributed by atoms with Crippen LogP contribution in [0.3, 0.4) is 0 Å². The summed E-state index contributed by atoms with van der Waals surface area (Å²) in [5.41, 5.74) is 1.97. The normalized spacial score (nSPS) is 24.3. The zero-order chi connectivity index (χ0) is 17.4. The Kier molecular flexibility index (Phi) is 4.53. The van der Waals surface area contributed by atoms with Gasteiger partial charge >= 0.3 is 0 Å². The van der Waals surface area contributed by atoms with Gasteiger partial charge in [-0.3, -0.25) is 4.90 Å². The van der Waals surface area contributed by atoms with E-state index in [1.165, 1.54) is 0 Å². The fourth-order valence-corrected chi connectivity index (χ4v) is 5.65. The molecule has 0 saturated carbocycles. The number of hydrogen-bond acceptors (Lipinski definition) is 4. The molecule has 7 nitrogen and oxygen atoms in total. The molecule has 0 amide bonds. The first-order valence-electron chi connectivity index (χ1n) is 8.96. The first-order valence-corrected chi connectivity index (χ1v) is 10.4. The van der Waals surface area contributed by atoms with Crippen LogP contribution in [-0.4, -0.2) is 70.1 Å². The highest BCUT2D eigenvalue weighted by atomic mass is 32.2. The van der Waals surface area contributed by atoms with Crippen LogP contribution in [0.2, 0.25) is 0 Å². The summed E-state index contributed by atoms with van der Waals surface area (Å²) in [6, 6.07) is 6.09. The fraction of sp³-hybridized carbons (Fsp3) is 0.588. The average Bonchev–Trinajstić information content (AvgIpc) is 3.21. The minimum absolute atomic E-state index is 0.126. The van der Waals surface area contributed by atoms with Crippen LogP contribution >= 0.6 is 0 Å². The summed E-state index contributed by atoms with van der Waals surface area (Å²) in [7, 11) is -3.31. The molecule has 2 aliphatic rings. The molecule has 4 rings (SSSR count). The Bertz CT molecular complexity index is 809. The van der Waals surface area contributed by atoms with E-state index in [1.54, 1.807) is 8.61 Å². The molecule has 1 atom stereocenters. The first-order chi connectivity index (χ1) is 12.0. The van der Waals surface area contributed by atoms with Crippen molar-refractivity contribution < 1.29 is 8.42 Å². The van der Waals surface area contributed by atoms with Crippen LogP contribution in [0.4, 0.5) is 0 Å². The maximum Gasteiger partial charge on any atom is 0.282 e. The number of piperazine rings is 1. The molecule has 0 aromatic carbocycles. The van der Waals surface area contributed by atoms with Gasteiger partial charge in [0.15, 0.2) is 0 Å². The molecule has 0 bridgehead atoms. The lowest BCUT2D eigenvalue weighted by Gasteiger charge is -2.36. The highest BCUT2D eigenvalue weighted by Gasteiger charge is 2.37. The molecule has 2 aromatic heterocycles. The summed E-state index contributed by atoms with van der Waals surface area (Å²) in [6.45, 7) is 6.02. The van der Waals surface area contributed by atoms with Crippen LogP contribution in [-0.2, 0) is 16.8 Å². The second kappa shape index (κ2) is 6.68. The molecule has 4 heterocycles. The molecule has 2 aromatic rings. The molecule has 136 valence electrons. The standard InChI is InChI=1S/C17H25N5O2S/c1-15-5-4-8-22(15)25(23,24)21-11-9-19(10-12-21)13-16-14-20-7-3-2-6-17(20)18-16/h2-3,6-7,14-15H,4-5,8-13H2,1H3. The number of aromatic nitrogens is 2. The number of pyridine rings is 1. The van der Waals surface area contributed by atoms with Crippen molar-refractivity contribution in [2.45, 2.75) is 32.4 Å². The molecule has 2 aliphatic heterocycles. The van der Waals surface area contributed by atoms with Crippen LogP contribution in [0, 0.1) is 0 Å². The summed E-state index contributed by atoms with van der Waals surface area (Å²) in [5, 5.41) is 0. The lowest BCUT2D eigenvalue weighted by molar-refractivity contribution is 0.173. The number of fused-ring (bicyclic) bond motifs is 1. The van der Waals surface area contributed by atoms with Gasteiger partial charge in [0.05, 0.1) is 5.69 Å². The average molecular weight is 363 g/mol. The van der Waals surface area contributed by atoms with E-state index in [0.29, 0.717) is 19.6 Å². The topological polar surface area (TPSA) is 61.2 Å². The molecule has 8 heteroatoms. The number of hydrogen-bond donors (Lipinski definition) is 0. The van der Waals surface area contributed by atoms with Crippen LogP contribution in [0.15, 0.2) is 30.6 Å². The third-order valence-corrected chi connectivity index (χ3v) is 7.40. The summed E-state index contributed by atoms with van der Waals surface area (Å²) in [6.07, 6.45) is 5.97. The van der Waals surface area contributed by atoms with Gasteiger partial charge in [-0.25, -0.2) is 4.98 Å². The highest BCUT2D eigenvalue weighted by Crippen LogP contribution is 2.23. The van der Waals surface area contributed by atoms with Crippen molar-refractivity contribution in [2.75, 3.05) is 32.7 Å². The van der Waals surface area contributed by atoms with E-state index in [0.717, 1.165) is 43.8 Å². The molecule has 0 spiro atoms. The Morgan fingerprint density at radius 1 is 1.16 bits per heavy atom. The predicted octanol–water partition coefficient (Wildman–Crippen LogP) is 1.18. The van der Waals surface area contributed by atoms with Gasteiger partial charge in [0.1, 0.15) is 5.65 Å². The third-order valence-electron chi connectivity index (χ3n) is 5.25. The lowest BCUT2D eigenvalue weighted by atomic mass is 10.3. The molecule has 25 heavy (non-hydrogen) atoms. The minimum Gasteiger partial charge on any atom is -0.307 e. The van der Waals surface area contributed by atoms with E-state index in [1.807, 2.05) is 41.9 Å². The van der Waals surface area contributed by atoms with Gasteiger partial charge in [-0.15, -0.1) is 0 Å². The summed E-state index contributed by atoms with van der Waals surface area (Å²) < 4.78 is 30.9. The smallest absolute Gasteiger partial charge is 0.282 e. The second-order valence-corrected chi connectivity index (χ2v) is 8.86. The van der Waals surface area contributed by atoms with Crippen LogP contribution in [0.25, 0.3) is 5.65 Å². The molecule has 2 fully saturated rings. The van der Waals surface area contributed by atoms with Crippen molar-refractivity contribution in [1.29, 1.82) is 0 Å². The van der Waals surface area contributed by atoms with Gasteiger partial charge < -0.3 is 4.40 Å². The van der Waals surface area contributed by atoms with E-state index >= 15 is 0 Å². The van der Waals surface area contributed by atoms with Gasteiger partial charge in [0.2, 0.25) is 0 Å². The van der Waals surface area contributed by atoms with E-state index in [-0.39, 0.29) is 6.04 Å². The van der Waals surface area contributed by atoms with Crippen molar-refractivity contribution in [3.8, 4) is 0 Å². The van der Waals surface area contributed by atoms with Crippen LogP contribution in [0.5, 0.6) is 0 Å². The van der Waals surface area contributed by atoms with Gasteiger partial charge in [0.25, 0.3) is 10.2 Å². The van der Waals surface area contributed by atoms with Gasteiger partial charge in [-0.05, 0) is 31.9 Å². The van der Waals surface area contributed by atoms with Crippen molar-refractivity contribution >= 4 is 15.9 Å². The summed E-state index contributed by atoms with van der Waals surface area (Å²) in [5.74, 6) is 0. The Morgan fingerprint density at radius 2 is 1.96 bits per heavy atom. The van der Waals surface area contributed by atoms with Crippen molar-refractivity contribution in [2.24, 2.45) is 0 Å². The second-order valence-electron chi connectivity index (χ2n) is 6.98. The Balaban J connectivity index is 1.38. The number of imidazole rings is 1. The van der Waals surface area contributed by atoms with Gasteiger partial charge in [0, 0.05) is 57.7 Å². The van der Waals surface area contributed by atoms with E-state index in [9.17, 15) is 8.42 Å². The molecule has 0 aliphatic carbocycles. The largest absolute Gasteiger partial charge is 0.307 e. The monoisotopic (exact) mass is 363 g/mol. The molecule has 2 saturated heterocycles. The minimum atomic E-state index is -3.31. The SMILES string of the molecule is CC1CCCN1S(=O)(=O)N1CCN(Cc2cn3ccccc3n2)CC1. The fourth-order valence-electron chi connectivity index (χ4n) is 3.81. The van der Waals surface area contributed by atoms with Gasteiger partial charge in [-0.1, -0.05) is 6.07 Å². The molecular formula is C17H25N5O2S. The van der Waals surface area contributed by atoms with Crippen molar-refractivity contribution in [3.05, 3.63) is 36.3 Å². The Labute approximate surface area is 149 Å². The Hall–Kier alpha value is -1.48. The Morgan fingerprint density at radius 3 is 2.64 bits per heavy atom. The maximum absolute atomic E-state index is 12.8. The van der Waals surface area contributed by atoms with E-state index < -0.39 is 10.2 Å². The van der Waals surface area contributed by atoms with Crippen molar-refractivity contribution in [1.82, 2.24) is 22.9 Å². The van der Waals surface area contributed by atoms with E-state index in [4.69, 9.17) is 0 Å². The summed E-state index contributed by atoms with van der Waals surface area (Å²) >= 11 is 0. The third kappa shape index (κ3) is 3.31. The lowest BCUT2D eigenvalue weighted by Crippen LogP contribution is -2.53. The van der Waals surface area contributed by atoms with Gasteiger partial charge in [-0.2, -0.15) is 17.0 Å². The van der Waals surface area contributed by atoms with Crippen molar-refractivity contribution in [3.63, 3.8) is 0 Å². The molecular weight excluding hydrogens is 338 g/mol. The van der Waals surface area contributed by atoms with Crippen LogP contribution < -0.4 is 0 Å².